The number of anilines is 2. The van der Waals surface area contributed by atoms with Crippen LogP contribution in [0, 0.1) is 0 Å². The number of amides is 1. The normalized spacial score (nSPS) is 15.3. The van der Waals surface area contributed by atoms with E-state index in [4.69, 9.17) is 14.2 Å². The number of nitrogens with zero attached hydrogens (tertiary/aromatic N) is 2. The number of hydrogen-bond acceptors (Lipinski definition) is 8. The highest BCUT2D eigenvalue weighted by Gasteiger charge is 2.24. The summed E-state index contributed by atoms with van der Waals surface area (Å²) in [5.74, 6) is 1.38. The first-order valence-corrected chi connectivity index (χ1v) is 11.7. The van der Waals surface area contributed by atoms with Crippen molar-refractivity contribution in [3.63, 3.8) is 0 Å². The third kappa shape index (κ3) is 3.66. The van der Waals surface area contributed by atoms with E-state index in [9.17, 15) is 13.2 Å². The predicted octanol–water partition coefficient (Wildman–Crippen LogP) is 2.74. The molecule has 0 aliphatic carbocycles. The monoisotopic (exact) mass is 459 g/mol. The van der Waals surface area contributed by atoms with Gasteiger partial charge in [-0.15, -0.1) is 11.3 Å². The number of carbonyl (C=O) groups is 1. The fourth-order valence-electron chi connectivity index (χ4n) is 3.25. The molecular weight excluding hydrogens is 442 g/mol. The molecule has 0 fully saturated rings. The van der Waals surface area contributed by atoms with Crippen LogP contribution >= 0.6 is 11.3 Å². The van der Waals surface area contributed by atoms with Gasteiger partial charge < -0.3 is 19.1 Å². The van der Waals surface area contributed by atoms with Crippen molar-refractivity contribution in [2.24, 2.45) is 0 Å². The molecule has 3 heterocycles. The zero-order chi connectivity index (χ0) is 21.6. The Hall–Kier alpha value is -3.31. The number of rotatable bonds is 4. The number of sulfonamides is 1. The number of ether oxygens (including phenoxy) is 3. The Bertz CT molecular complexity index is 1290. The van der Waals surface area contributed by atoms with E-state index in [-0.39, 0.29) is 22.5 Å². The summed E-state index contributed by atoms with van der Waals surface area (Å²) in [6.45, 7) is 0.801. The van der Waals surface area contributed by atoms with Gasteiger partial charge >= 0.3 is 0 Å². The van der Waals surface area contributed by atoms with Crippen LogP contribution < -0.4 is 23.8 Å². The molecule has 0 bridgehead atoms. The molecule has 31 heavy (non-hydrogen) atoms. The molecule has 0 atom stereocenters. The van der Waals surface area contributed by atoms with Gasteiger partial charge in [-0.3, -0.25) is 9.52 Å². The molecule has 3 aromatic rings. The lowest BCUT2D eigenvalue weighted by Crippen LogP contribution is -2.35. The Morgan fingerprint density at radius 2 is 1.81 bits per heavy atom. The van der Waals surface area contributed by atoms with Crippen LogP contribution in [0.1, 0.15) is 0 Å². The van der Waals surface area contributed by atoms with Gasteiger partial charge in [0.1, 0.15) is 19.0 Å². The standard InChI is InChI=1S/C20H17N3O6S2/c1-23-15-8-12(2-4-16(15)29-10-19(23)24)14-11-30-20(21-14)22-31(25,26)13-3-5-17-18(9-13)28-7-6-27-17/h2-5,8-9,11H,6-7,10H2,1H3,(H,21,22). The molecule has 0 radical (unpaired) electrons. The van der Waals surface area contributed by atoms with E-state index in [0.717, 1.165) is 16.9 Å². The van der Waals surface area contributed by atoms with Gasteiger partial charge in [-0.25, -0.2) is 13.4 Å². The molecule has 0 saturated heterocycles. The third-order valence-corrected chi connectivity index (χ3v) is 7.11. The van der Waals surface area contributed by atoms with Crippen molar-refractivity contribution in [1.82, 2.24) is 4.98 Å². The number of aromatic nitrogens is 1. The summed E-state index contributed by atoms with van der Waals surface area (Å²) in [4.78, 5) is 17.9. The van der Waals surface area contributed by atoms with Crippen molar-refractivity contribution >= 4 is 38.1 Å². The van der Waals surface area contributed by atoms with Crippen molar-refractivity contribution in [1.29, 1.82) is 0 Å². The Kier molecular flexibility index (Phi) is 4.71. The average molecular weight is 460 g/mol. The molecule has 2 aromatic carbocycles. The second kappa shape index (κ2) is 7.43. The molecule has 2 aliphatic heterocycles. The van der Waals surface area contributed by atoms with Crippen molar-refractivity contribution in [3.05, 3.63) is 41.8 Å². The first kappa shape index (κ1) is 19.6. The third-order valence-electron chi connectivity index (χ3n) is 4.89. The number of hydrogen-bond donors (Lipinski definition) is 1. The van der Waals surface area contributed by atoms with E-state index in [2.05, 4.69) is 9.71 Å². The minimum atomic E-state index is -3.86. The topological polar surface area (TPSA) is 107 Å². The zero-order valence-electron chi connectivity index (χ0n) is 16.3. The van der Waals surface area contributed by atoms with E-state index in [1.807, 2.05) is 6.07 Å². The van der Waals surface area contributed by atoms with Gasteiger partial charge in [0.15, 0.2) is 23.2 Å². The summed E-state index contributed by atoms with van der Waals surface area (Å²) < 4.78 is 44.4. The molecule has 0 unspecified atom stereocenters. The maximum absolute atomic E-state index is 12.8. The second-order valence-electron chi connectivity index (χ2n) is 6.87. The Morgan fingerprint density at radius 1 is 1.03 bits per heavy atom. The summed E-state index contributed by atoms with van der Waals surface area (Å²) in [6.07, 6.45) is 0. The lowest BCUT2D eigenvalue weighted by atomic mass is 10.1. The molecule has 2 aliphatic rings. The molecule has 1 N–H and O–H groups in total. The summed E-state index contributed by atoms with van der Waals surface area (Å²) in [7, 11) is -2.17. The van der Waals surface area contributed by atoms with Crippen LogP contribution in [0.5, 0.6) is 17.2 Å². The van der Waals surface area contributed by atoms with Crippen LogP contribution in [0.3, 0.4) is 0 Å². The highest BCUT2D eigenvalue weighted by Crippen LogP contribution is 2.37. The maximum atomic E-state index is 12.8. The minimum absolute atomic E-state index is 0.00529. The Labute approximate surface area is 182 Å². The molecule has 1 amide bonds. The number of thiazole rings is 1. The molecule has 9 nitrogen and oxygen atoms in total. The average Bonchev–Trinajstić information content (AvgIpc) is 3.23. The maximum Gasteiger partial charge on any atom is 0.264 e. The number of benzene rings is 2. The van der Waals surface area contributed by atoms with Crippen LogP contribution in [-0.2, 0) is 14.8 Å². The smallest absolute Gasteiger partial charge is 0.264 e. The summed E-state index contributed by atoms with van der Waals surface area (Å²) >= 11 is 1.16. The number of fused-ring (bicyclic) bond motifs is 2. The van der Waals surface area contributed by atoms with E-state index < -0.39 is 10.0 Å². The summed E-state index contributed by atoms with van der Waals surface area (Å²) in [5, 5.41) is 1.97. The van der Waals surface area contributed by atoms with Crippen LogP contribution in [0.25, 0.3) is 11.3 Å². The number of carbonyl (C=O) groups excluding carboxylic acids is 1. The molecule has 160 valence electrons. The summed E-state index contributed by atoms with van der Waals surface area (Å²) in [5.41, 5.74) is 1.96. The molecule has 0 spiro atoms. The quantitative estimate of drug-likeness (QED) is 0.639. The zero-order valence-corrected chi connectivity index (χ0v) is 18.0. The van der Waals surface area contributed by atoms with Crippen LogP contribution in [0.15, 0.2) is 46.7 Å². The van der Waals surface area contributed by atoms with E-state index in [1.54, 1.807) is 30.6 Å². The number of likely N-dealkylation sites (N-methyl/N-ethyl adjacent to an activating group) is 1. The highest BCUT2D eigenvalue weighted by atomic mass is 32.2. The second-order valence-corrected chi connectivity index (χ2v) is 9.41. The molecule has 1 aromatic heterocycles. The van der Waals surface area contributed by atoms with Crippen molar-refractivity contribution in [2.75, 3.05) is 36.5 Å². The molecule has 0 saturated carbocycles. The van der Waals surface area contributed by atoms with Crippen LogP contribution in [-0.4, -0.2) is 46.2 Å². The molecular formula is C20H17N3O6S2. The van der Waals surface area contributed by atoms with Crippen LogP contribution in [0.4, 0.5) is 10.8 Å². The van der Waals surface area contributed by atoms with Gasteiger partial charge in [0.25, 0.3) is 15.9 Å². The van der Waals surface area contributed by atoms with E-state index in [1.165, 1.54) is 17.0 Å². The van der Waals surface area contributed by atoms with Gasteiger partial charge in [0, 0.05) is 24.1 Å². The predicted molar refractivity (Wildman–Crippen MR) is 115 cm³/mol. The number of nitrogens with one attached hydrogen (secondary N) is 1. The minimum Gasteiger partial charge on any atom is -0.486 e. The Balaban J connectivity index is 1.39. The SMILES string of the molecule is CN1C(=O)COc2ccc(-c3csc(NS(=O)(=O)c4ccc5c(c4)OCCO5)n3)cc21. The van der Waals surface area contributed by atoms with Crippen LogP contribution in [0.2, 0.25) is 0 Å². The first-order valence-electron chi connectivity index (χ1n) is 9.32. The summed E-state index contributed by atoms with van der Waals surface area (Å²) in [6, 6.07) is 9.84. The van der Waals surface area contributed by atoms with Crippen molar-refractivity contribution in [3.8, 4) is 28.5 Å². The van der Waals surface area contributed by atoms with Gasteiger partial charge in [0.05, 0.1) is 16.3 Å². The van der Waals surface area contributed by atoms with E-state index >= 15 is 0 Å². The van der Waals surface area contributed by atoms with Crippen molar-refractivity contribution < 1.29 is 27.4 Å². The first-order chi connectivity index (χ1) is 14.9. The Morgan fingerprint density at radius 3 is 2.65 bits per heavy atom. The van der Waals surface area contributed by atoms with Gasteiger partial charge in [0.2, 0.25) is 0 Å². The van der Waals surface area contributed by atoms with Gasteiger partial charge in [-0.05, 0) is 30.3 Å². The van der Waals surface area contributed by atoms with Crippen molar-refractivity contribution in [2.45, 2.75) is 4.90 Å². The fraction of sp³-hybridized carbons (Fsp3) is 0.200. The lowest BCUT2D eigenvalue weighted by molar-refractivity contribution is -0.120. The lowest BCUT2D eigenvalue weighted by Gasteiger charge is -2.26. The van der Waals surface area contributed by atoms with Gasteiger partial charge in [-0.1, -0.05) is 0 Å². The largest absolute Gasteiger partial charge is 0.486 e. The fourth-order valence-corrected chi connectivity index (χ4v) is 5.24. The van der Waals surface area contributed by atoms with E-state index in [0.29, 0.717) is 41.8 Å². The molecule has 5 rings (SSSR count). The van der Waals surface area contributed by atoms with Gasteiger partial charge in [-0.2, -0.15) is 0 Å². The highest BCUT2D eigenvalue weighted by molar-refractivity contribution is 7.93. The molecule has 11 heteroatoms.